The summed E-state index contributed by atoms with van der Waals surface area (Å²) in [5.74, 6) is 0.596. The number of hydrogen-bond donors (Lipinski definition) is 0. The smallest absolute Gasteiger partial charge is 0.227 e. The first kappa shape index (κ1) is 19.6. The van der Waals surface area contributed by atoms with E-state index in [4.69, 9.17) is 27.6 Å². The van der Waals surface area contributed by atoms with Gasteiger partial charge in [0.2, 0.25) is 5.89 Å². The molecule has 0 radical (unpaired) electrons. The van der Waals surface area contributed by atoms with Crippen LogP contribution in [0.3, 0.4) is 0 Å². The molecule has 5 rings (SSSR count). The Bertz CT molecular complexity index is 1470. The molecule has 1 aromatic heterocycles. The highest BCUT2D eigenvalue weighted by atomic mass is 35.5. The Morgan fingerprint density at radius 2 is 1.71 bits per heavy atom. The van der Waals surface area contributed by atoms with Crippen LogP contribution < -0.4 is 0 Å². The fourth-order valence-corrected chi connectivity index (χ4v) is 3.83. The predicted octanol–water partition coefficient (Wildman–Crippen LogP) is 8.37. The Morgan fingerprint density at radius 3 is 2.58 bits per heavy atom. The molecule has 5 aromatic rings. The van der Waals surface area contributed by atoms with Crippen LogP contribution in [0, 0.1) is 0 Å². The number of fused-ring (bicyclic) bond motifs is 2. The minimum Gasteiger partial charge on any atom is -0.436 e. The fraction of sp³-hybridized carbons (Fsp3) is 0. The molecule has 3 nitrogen and oxygen atoms in total. The summed E-state index contributed by atoms with van der Waals surface area (Å²) in [6.45, 7) is 0. The molecular weight excluding hydrogens is 427 g/mol. The van der Waals surface area contributed by atoms with Gasteiger partial charge in [0.15, 0.2) is 5.58 Å². The Morgan fingerprint density at radius 1 is 0.839 bits per heavy atom. The van der Waals surface area contributed by atoms with Crippen LogP contribution in [-0.4, -0.2) is 11.2 Å². The molecule has 0 saturated carbocycles. The van der Waals surface area contributed by atoms with Crippen molar-refractivity contribution >= 4 is 63.1 Å². The molecule has 0 fully saturated rings. The third-order valence-electron chi connectivity index (χ3n) is 4.92. The molecule has 4 aromatic carbocycles. The first-order valence-corrected chi connectivity index (χ1v) is 10.5. The van der Waals surface area contributed by atoms with E-state index in [1.807, 2.05) is 54.6 Å². The van der Waals surface area contributed by atoms with E-state index in [0.29, 0.717) is 15.9 Å². The Labute approximate surface area is 189 Å². The van der Waals surface area contributed by atoms with Crippen molar-refractivity contribution in [3.63, 3.8) is 0 Å². The zero-order chi connectivity index (χ0) is 21.2. The molecule has 0 unspecified atom stereocenters. The number of hydrogen-bond acceptors (Lipinski definition) is 3. The summed E-state index contributed by atoms with van der Waals surface area (Å²) in [7, 11) is 0. The van der Waals surface area contributed by atoms with Crippen molar-refractivity contribution in [2.24, 2.45) is 4.99 Å². The molecule has 0 bridgehead atoms. The van der Waals surface area contributed by atoms with Gasteiger partial charge in [-0.05, 0) is 64.9 Å². The largest absolute Gasteiger partial charge is 0.436 e. The summed E-state index contributed by atoms with van der Waals surface area (Å²) in [6.07, 6.45) is 5.44. The standard InChI is InChI=1S/C26H16Cl2N2O/c27-21-10-9-18(23(28)15-21)6-3-13-29-22-11-12-25-24(16-22)30-26(31-25)20-8-7-17-4-1-2-5-19(17)14-20/h1-16H/b6-3+,29-13?. The summed E-state index contributed by atoms with van der Waals surface area (Å²) in [6, 6.07) is 25.5. The lowest BCUT2D eigenvalue weighted by Gasteiger charge is -1.99. The number of aliphatic imine (C=N–C) groups is 1. The number of benzene rings is 4. The minimum atomic E-state index is 0.596. The zero-order valence-corrected chi connectivity index (χ0v) is 17.8. The first-order valence-electron chi connectivity index (χ1n) is 9.71. The van der Waals surface area contributed by atoms with Crippen molar-refractivity contribution in [3.05, 3.63) is 101 Å². The van der Waals surface area contributed by atoms with E-state index in [1.54, 1.807) is 18.3 Å². The number of allylic oxidation sites excluding steroid dienone is 1. The first-order chi connectivity index (χ1) is 15.2. The second-order valence-corrected chi connectivity index (χ2v) is 7.88. The highest BCUT2D eigenvalue weighted by molar-refractivity contribution is 6.35. The second kappa shape index (κ2) is 8.38. The van der Waals surface area contributed by atoms with Gasteiger partial charge in [-0.15, -0.1) is 0 Å². The summed E-state index contributed by atoms with van der Waals surface area (Å²) >= 11 is 12.1. The molecule has 150 valence electrons. The van der Waals surface area contributed by atoms with Gasteiger partial charge >= 0.3 is 0 Å². The number of halogens is 2. The van der Waals surface area contributed by atoms with Gasteiger partial charge in [-0.3, -0.25) is 4.99 Å². The third kappa shape index (κ3) is 4.24. The van der Waals surface area contributed by atoms with Crippen LogP contribution in [0.5, 0.6) is 0 Å². The molecule has 0 atom stereocenters. The highest BCUT2D eigenvalue weighted by Crippen LogP contribution is 2.29. The number of nitrogens with zero attached hydrogens (tertiary/aromatic N) is 2. The lowest BCUT2D eigenvalue weighted by Crippen LogP contribution is -1.78. The average molecular weight is 443 g/mol. The maximum absolute atomic E-state index is 6.18. The monoisotopic (exact) mass is 442 g/mol. The number of rotatable bonds is 4. The zero-order valence-electron chi connectivity index (χ0n) is 16.3. The summed E-state index contributed by atoms with van der Waals surface area (Å²) in [5.41, 5.74) is 4.11. The van der Waals surface area contributed by atoms with E-state index in [1.165, 1.54) is 5.39 Å². The highest BCUT2D eigenvalue weighted by Gasteiger charge is 2.09. The molecule has 0 aliphatic carbocycles. The van der Waals surface area contributed by atoms with E-state index in [0.717, 1.165) is 33.3 Å². The Kier molecular flexibility index (Phi) is 5.29. The Balaban J connectivity index is 1.38. The van der Waals surface area contributed by atoms with E-state index < -0.39 is 0 Å². The van der Waals surface area contributed by atoms with Crippen LogP contribution in [0.4, 0.5) is 5.69 Å². The average Bonchev–Trinajstić information content (AvgIpc) is 3.21. The van der Waals surface area contributed by atoms with E-state index in [9.17, 15) is 0 Å². The molecule has 5 heteroatoms. The Hall–Kier alpha value is -3.40. The maximum atomic E-state index is 6.18. The molecule has 0 spiro atoms. The van der Waals surface area contributed by atoms with Crippen molar-refractivity contribution in [3.8, 4) is 11.5 Å². The summed E-state index contributed by atoms with van der Waals surface area (Å²) in [4.78, 5) is 9.14. The van der Waals surface area contributed by atoms with E-state index in [-0.39, 0.29) is 0 Å². The fourth-order valence-electron chi connectivity index (χ4n) is 3.35. The van der Waals surface area contributed by atoms with Gasteiger partial charge in [0, 0.05) is 21.8 Å². The van der Waals surface area contributed by atoms with Crippen molar-refractivity contribution in [2.75, 3.05) is 0 Å². The summed E-state index contributed by atoms with van der Waals surface area (Å²) < 4.78 is 5.96. The molecule has 0 aliphatic rings. The van der Waals surface area contributed by atoms with Gasteiger partial charge in [-0.25, -0.2) is 4.98 Å². The van der Waals surface area contributed by atoms with Crippen molar-refractivity contribution in [1.29, 1.82) is 0 Å². The molecule has 31 heavy (non-hydrogen) atoms. The van der Waals surface area contributed by atoms with Crippen LogP contribution in [0.1, 0.15) is 5.56 Å². The SMILES string of the molecule is Clc1ccc(/C=C/C=Nc2ccc3oc(-c4ccc5ccccc5c4)nc3c2)c(Cl)c1. The van der Waals surface area contributed by atoms with Gasteiger partial charge in [0.05, 0.1) is 5.69 Å². The predicted molar refractivity (Wildman–Crippen MR) is 131 cm³/mol. The van der Waals surface area contributed by atoms with Gasteiger partial charge < -0.3 is 4.42 Å². The van der Waals surface area contributed by atoms with Crippen molar-refractivity contribution < 1.29 is 4.42 Å². The molecular formula is C26H16Cl2N2O. The third-order valence-corrected chi connectivity index (χ3v) is 5.48. The number of oxazole rings is 1. The van der Waals surface area contributed by atoms with Gasteiger partial charge in [-0.1, -0.05) is 65.7 Å². The van der Waals surface area contributed by atoms with Crippen molar-refractivity contribution in [1.82, 2.24) is 4.98 Å². The summed E-state index contributed by atoms with van der Waals surface area (Å²) in [5, 5.41) is 3.55. The molecule has 0 saturated heterocycles. The van der Waals surface area contributed by atoms with Gasteiger partial charge in [0.1, 0.15) is 5.52 Å². The van der Waals surface area contributed by atoms with Crippen LogP contribution in [-0.2, 0) is 0 Å². The maximum Gasteiger partial charge on any atom is 0.227 e. The van der Waals surface area contributed by atoms with Crippen LogP contribution >= 0.6 is 23.2 Å². The quantitative estimate of drug-likeness (QED) is 0.262. The molecule has 1 heterocycles. The van der Waals surface area contributed by atoms with Crippen LogP contribution in [0.15, 0.2) is 94.3 Å². The van der Waals surface area contributed by atoms with E-state index in [2.05, 4.69) is 34.2 Å². The van der Waals surface area contributed by atoms with Gasteiger partial charge in [-0.2, -0.15) is 0 Å². The molecule has 0 amide bonds. The van der Waals surface area contributed by atoms with Crippen molar-refractivity contribution in [2.45, 2.75) is 0 Å². The topological polar surface area (TPSA) is 38.4 Å². The minimum absolute atomic E-state index is 0.596. The second-order valence-electron chi connectivity index (χ2n) is 7.04. The lowest BCUT2D eigenvalue weighted by atomic mass is 10.1. The van der Waals surface area contributed by atoms with Crippen LogP contribution in [0.25, 0.3) is 39.4 Å². The number of aromatic nitrogens is 1. The molecule has 0 N–H and O–H groups in total. The molecule has 0 aliphatic heterocycles. The lowest BCUT2D eigenvalue weighted by molar-refractivity contribution is 0.620. The normalized spacial score (nSPS) is 11.9. The van der Waals surface area contributed by atoms with E-state index >= 15 is 0 Å². The van der Waals surface area contributed by atoms with Gasteiger partial charge in [0.25, 0.3) is 0 Å². The van der Waals surface area contributed by atoms with Crippen LogP contribution in [0.2, 0.25) is 10.0 Å².